The minimum Gasteiger partial charge on any atom is -0.208 e. The van der Waals surface area contributed by atoms with Crippen LogP contribution in [0.15, 0.2) is 121 Å². The molecule has 6 aromatic carbocycles. The third kappa shape index (κ3) is 3.72. The molecule has 174 valence electrons. The molecule has 7 rings (SSSR count). The molecule has 0 aliphatic carbocycles. The second kappa shape index (κ2) is 8.81. The lowest BCUT2D eigenvalue weighted by Gasteiger charge is -2.13. The maximum absolute atomic E-state index is 6.55. The van der Waals surface area contributed by atoms with E-state index in [-0.39, 0.29) is 0 Å². The lowest BCUT2D eigenvalue weighted by Crippen LogP contribution is -2.01. The maximum atomic E-state index is 6.55. The van der Waals surface area contributed by atoms with Gasteiger partial charge in [-0.15, -0.1) is 0 Å². The summed E-state index contributed by atoms with van der Waals surface area (Å²) in [6.45, 7) is 0. The highest BCUT2D eigenvalue weighted by Crippen LogP contribution is 2.35. The van der Waals surface area contributed by atoms with Crippen molar-refractivity contribution in [3.63, 3.8) is 0 Å². The zero-order valence-electron chi connectivity index (χ0n) is 19.8. The lowest BCUT2D eigenvalue weighted by atomic mass is 10.0. The van der Waals surface area contributed by atoms with Crippen molar-refractivity contribution in [3.05, 3.63) is 126 Å². The second-order valence-corrected chi connectivity index (χ2v) is 9.41. The zero-order chi connectivity index (χ0) is 24.8. The first-order chi connectivity index (χ1) is 18.3. The minimum atomic E-state index is 0.619. The third-order valence-electron chi connectivity index (χ3n) is 6.81. The summed E-state index contributed by atoms with van der Waals surface area (Å²) in [7, 11) is 0. The molecule has 0 atom stereocenters. The fraction of sp³-hybridized carbons (Fsp3) is 0. The maximum Gasteiger partial charge on any atom is 0.164 e. The molecule has 0 amide bonds. The number of benzene rings is 6. The predicted molar refractivity (Wildman–Crippen MR) is 154 cm³/mol. The van der Waals surface area contributed by atoms with Crippen molar-refractivity contribution in [2.24, 2.45) is 0 Å². The highest BCUT2D eigenvalue weighted by Gasteiger charge is 2.17. The van der Waals surface area contributed by atoms with Crippen molar-refractivity contribution in [1.29, 1.82) is 0 Å². The van der Waals surface area contributed by atoms with Gasteiger partial charge in [0, 0.05) is 27.1 Å². The highest BCUT2D eigenvalue weighted by atomic mass is 35.5. The molecule has 0 fully saturated rings. The van der Waals surface area contributed by atoms with E-state index in [9.17, 15) is 0 Å². The molecule has 3 nitrogen and oxygen atoms in total. The third-order valence-corrected chi connectivity index (χ3v) is 7.14. The fourth-order valence-corrected chi connectivity index (χ4v) is 5.26. The first-order valence-electron chi connectivity index (χ1n) is 12.2. The number of hydrogen-bond acceptors (Lipinski definition) is 3. The van der Waals surface area contributed by atoms with E-state index in [0.717, 1.165) is 49.0 Å². The van der Waals surface area contributed by atoms with Gasteiger partial charge in [-0.1, -0.05) is 121 Å². The van der Waals surface area contributed by atoms with E-state index in [1.165, 1.54) is 0 Å². The molecule has 4 heteroatoms. The van der Waals surface area contributed by atoms with Crippen molar-refractivity contribution in [2.45, 2.75) is 0 Å². The van der Waals surface area contributed by atoms with Crippen LogP contribution in [0.5, 0.6) is 0 Å². The van der Waals surface area contributed by atoms with Crippen LogP contribution in [-0.4, -0.2) is 15.0 Å². The van der Waals surface area contributed by atoms with E-state index < -0.39 is 0 Å². The molecule has 0 N–H and O–H groups in total. The summed E-state index contributed by atoms with van der Waals surface area (Å²) in [6.07, 6.45) is 0. The smallest absolute Gasteiger partial charge is 0.164 e. The molecular weight excluding hydrogens is 474 g/mol. The van der Waals surface area contributed by atoms with Gasteiger partial charge in [-0.05, 0) is 39.1 Å². The Morgan fingerprint density at radius 1 is 0.351 bits per heavy atom. The number of aromatic nitrogens is 3. The summed E-state index contributed by atoms with van der Waals surface area (Å²) in [6, 6.07) is 41.1. The van der Waals surface area contributed by atoms with Gasteiger partial charge in [-0.25, -0.2) is 15.0 Å². The predicted octanol–water partition coefficient (Wildman–Crippen LogP) is 8.99. The Labute approximate surface area is 219 Å². The molecule has 0 aliphatic rings. The lowest BCUT2D eigenvalue weighted by molar-refractivity contribution is 1.08. The minimum absolute atomic E-state index is 0.619. The van der Waals surface area contributed by atoms with Crippen molar-refractivity contribution < 1.29 is 0 Å². The van der Waals surface area contributed by atoms with Crippen LogP contribution in [-0.2, 0) is 0 Å². The monoisotopic (exact) mass is 493 g/mol. The first kappa shape index (κ1) is 21.7. The SMILES string of the molecule is Clc1ccc(-c2nc(-c3cccc4ccccc34)nc(-c3cccc4ccccc34)n2)c2ccccc12. The van der Waals surface area contributed by atoms with Crippen LogP contribution in [0.3, 0.4) is 0 Å². The van der Waals surface area contributed by atoms with E-state index in [1.807, 2.05) is 54.6 Å². The van der Waals surface area contributed by atoms with E-state index >= 15 is 0 Å². The summed E-state index contributed by atoms with van der Waals surface area (Å²) in [5, 5.41) is 7.18. The molecular formula is C33H20ClN3. The molecule has 0 saturated carbocycles. The van der Waals surface area contributed by atoms with Gasteiger partial charge in [0.2, 0.25) is 0 Å². The Bertz CT molecular complexity index is 1850. The van der Waals surface area contributed by atoms with Gasteiger partial charge in [0.05, 0.1) is 0 Å². The topological polar surface area (TPSA) is 38.7 Å². The number of rotatable bonds is 3. The van der Waals surface area contributed by atoms with Crippen molar-refractivity contribution in [2.75, 3.05) is 0 Å². The standard InChI is InChI=1S/C33H20ClN3/c34-30-20-19-29(25-15-5-6-16-26(25)30)33-36-31(27-17-7-11-21-9-1-3-13-23(21)27)35-32(37-33)28-18-8-12-22-10-2-4-14-24(22)28/h1-20H. The molecule has 0 spiro atoms. The molecule has 0 saturated heterocycles. The van der Waals surface area contributed by atoms with E-state index in [4.69, 9.17) is 26.6 Å². The Morgan fingerprint density at radius 3 is 1.30 bits per heavy atom. The summed E-state index contributed by atoms with van der Waals surface area (Å²) < 4.78 is 0. The van der Waals surface area contributed by atoms with Crippen molar-refractivity contribution >= 4 is 43.9 Å². The van der Waals surface area contributed by atoms with Crippen LogP contribution in [0.4, 0.5) is 0 Å². The molecule has 0 aliphatic heterocycles. The molecule has 37 heavy (non-hydrogen) atoms. The fourth-order valence-electron chi connectivity index (χ4n) is 5.04. The van der Waals surface area contributed by atoms with E-state index in [1.54, 1.807) is 0 Å². The summed E-state index contributed by atoms with van der Waals surface area (Å²) >= 11 is 6.55. The largest absolute Gasteiger partial charge is 0.208 e. The highest BCUT2D eigenvalue weighted by molar-refractivity contribution is 6.36. The van der Waals surface area contributed by atoms with Crippen LogP contribution in [0.2, 0.25) is 5.02 Å². The number of nitrogens with zero attached hydrogens (tertiary/aromatic N) is 3. The zero-order valence-corrected chi connectivity index (χ0v) is 20.5. The van der Waals surface area contributed by atoms with Crippen molar-refractivity contribution in [3.8, 4) is 34.2 Å². The quantitative estimate of drug-likeness (QED) is 0.246. The van der Waals surface area contributed by atoms with Gasteiger partial charge >= 0.3 is 0 Å². The van der Waals surface area contributed by atoms with Crippen LogP contribution in [0.25, 0.3) is 66.5 Å². The van der Waals surface area contributed by atoms with Crippen LogP contribution in [0.1, 0.15) is 0 Å². The Morgan fingerprint density at radius 2 is 0.757 bits per heavy atom. The number of halogens is 1. The van der Waals surface area contributed by atoms with Crippen molar-refractivity contribution in [1.82, 2.24) is 15.0 Å². The molecule has 7 aromatic rings. The van der Waals surface area contributed by atoms with E-state index in [0.29, 0.717) is 22.5 Å². The van der Waals surface area contributed by atoms with Crippen LogP contribution < -0.4 is 0 Å². The first-order valence-corrected chi connectivity index (χ1v) is 12.5. The molecule has 1 aromatic heterocycles. The summed E-state index contributed by atoms with van der Waals surface area (Å²) in [5.74, 6) is 1.90. The molecule has 0 unspecified atom stereocenters. The van der Waals surface area contributed by atoms with Gasteiger partial charge < -0.3 is 0 Å². The van der Waals surface area contributed by atoms with E-state index in [2.05, 4.69) is 66.7 Å². The second-order valence-electron chi connectivity index (χ2n) is 9.00. The Balaban J connectivity index is 1.56. The average Bonchev–Trinajstić information content (AvgIpc) is 2.96. The summed E-state index contributed by atoms with van der Waals surface area (Å²) in [4.78, 5) is 15.1. The average molecular weight is 494 g/mol. The molecule has 0 radical (unpaired) electrons. The Kier molecular flexibility index (Phi) is 5.16. The van der Waals surface area contributed by atoms with Gasteiger partial charge in [-0.3, -0.25) is 0 Å². The van der Waals surface area contributed by atoms with Gasteiger partial charge in [0.15, 0.2) is 17.5 Å². The van der Waals surface area contributed by atoms with Crippen LogP contribution >= 0.6 is 11.6 Å². The number of hydrogen-bond donors (Lipinski definition) is 0. The molecule has 0 bridgehead atoms. The Hall–Kier alpha value is -4.60. The number of fused-ring (bicyclic) bond motifs is 3. The van der Waals surface area contributed by atoms with Gasteiger partial charge in [0.25, 0.3) is 0 Å². The molecule has 1 heterocycles. The van der Waals surface area contributed by atoms with Gasteiger partial charge in [0.1, 0.15) is 0 Å². The summed E-state index contributed by atoms with van der Waals surface area (Å²) in [5.41, 5.74) is 2.87. The normalized spacial score (nSPS) is 11.4. The van der Waals surface area contributed by atoms with Gasteiger partial charge in [-0.2, -0.15) is 0 Å². The van der Waals surface area contributed by atoms with Crippen LogP contribution in [0, 0.1) is 0 Å².